The minimum atomic E-state index is -0.492. The van der Waals surface area contributed by atoms with E-state index in [1.165, 1.54) is 6.42 Å². The number of nitrogens with two attached hydrogens (primary N) is 1. The van der Waals surface area contributed by atoms with E-state index >= 15 is 0 Å². The molecule has 1 aliphatic rings. The van der Waals surface area contributed by atoms with Crippen molar-refractivity contribution in [3.8, 4) is 0 Å². The fourth-order valence-electron chi connectivity index (χ4n) is 2.62. The second-order valence-corrected chi connectivity index (χ2v) is 5.84. The Bertz CT molecular complexity index is 313. The number of thiocarbonyl (C=S) groups is 1. The van der Waals surface area contributed by atoms with Crippen molar-refractivity contribution in [3.05, 3.63) is 0 Å². The summed E-state index contributed by atoms with van der Waals surface area (Å²) in [5, 5.41) is 3.01. The largest absolute Gasteiger partial charge is 0.391 e. The van der Waals surface area contributed by atoms with Gasteiger partial charge in [0, 0.05) is 6.61 Å². The van der Waals surface area contributed by atoms with E-state index in [4.69, 9.17) is 22.7 Å². The minimum absolute atomic E-state index is 0.0927. The summed E-state index contributed by atoms with van der Waals surface area (Å²) < 4.78 is 5.26. The smallest absolute Gasteiger partial charge is 0.246 e. The van der Waals surface area contributed by atoms with Gasteiger partial charge in [-0.05, 0) is 38.0 Å². The predicted octanol–water partition coefficient (Wildman–Crippen LogP) is 2.15. The number of ether oxygens (including phenoxy) is 1. The summed E-state index contributed by atoms with van der Waals surface area (Å²) in [6.45, 7) is 4.91. The molecule has 19 heavy (non-hydrogen) atoms. The lowest BCUT2D eigenvalue weighted by atomic mass is 9.75. The van der Waals surface area contributed by atoms with Gasteiger partial charge in [0.05, 0.1) is 10.5 Å². The summed E-state index contributed by atoms with van der Waals surface area (Å²) in [5.41, 5.74) is 5.38. The summed E-state index contributed by atoms with van der Waals surface area (Å²) in [6.07, 6.45) is 5.93. The number of amides is 1. The molecule has 1 saturated carbocycles. The topological polar surface area (TPSA) is 64.3 Å². The summed E-state index contributed by atoms with van der Waals surface area (Å²) in [5.74, 6) is 0.618. The molecule has 0 bridgehead atoms. The molecule has 0 unspecified atom stereocenters. The van der Waals surface area contributed by atoms with Gasteiger partial charge in [-0.3, -0.25) is 4.79 Å². The van der Waals surface area contributed by atoms with Gasteiger partial charge >= 0.3 is 0 Å². The van der Waals surface area contributed by atoms with Crippen LogP contribution < -0.4 is 11.1 Å². The molecule has 0 heterocycles. The molecule has 0 aromatic carbocycles. The second kappa shape index (κ2) is 7.80. The van der Waals surface area contributed by atoms with Gasteiger partial charge in [0.25, 0.3) is 0 Å². The normalized spacial score (nSPS) is 26.9. The van der Waals surface area contributed by atoms with Crippen LogP contribution in [0.15, 0.2) is 0 Å². The lowest BCUT2D eigenvalue weighted by Gasteiger charge is -2.40. The van der Waals surface area contributed by atoms with Crippen LogP contribution in [0.4, 0.5) is 0 Å². The minimum Gasteiger partial charge on any atom is -0.391 e. The lowest BCUT2D eigenvalue weighted by Crippen LogP contribution is -2.59. The quantitative estimate of drug-likeness (QED) is 0.556. The number of hydrogen-bond acceptors (Lipinski definition) is 3. The molecule has 3 N–H and O–H groups in total. The lowest BCUT2D eigenvalue weighted by molar-refractivity contribution is -0.127. The Balaban J connectivity index is 2.53. The molecule has 0 spiro atoms. The standard InChI is InChI=1S/C14H26N2O2S/c1-3-9-18-10-12(17)16-14(13(15)19)7-5-11(4-2)6-8-14/h11H,3-10H2,1-2H3,(H2,15,19)(H,16,17). The Morgan fingerprint density at radius 1 is 1.42 bits per heavy atom. The van der Waals surface area contributed by atoms with E-state index in [1.807, 2.05) is 6.92 Å². The highest BCUT2D eigenvalue weighted by Crippen LogP contribution is 2.34. The molecule has 0 atom stereocenters. The molecule has 0 radical (unpaired) electrons. The maximum Gasteiger partial charge on any atom is 0.246 e. The fraction of sp³-hybridized carbons (Fsp3) is 0.857. The highest BCUT2D eigenvalue weighted by Gasteiger charge is 2.38. The Labute approximate surface area is 121 Å². The van der Waals surface area contributed by atoms with Gasteiger partial charge in [-0.25, -0.2) is 0 Å². The zero-order chi connectivity index (χ0) is 14.3. The van der Waals surface area contributed by atoms with Crippen LogP contribution in [0.1, 0.15) is 52.4 Å². The third-order valence-corrected chi connectivity index (χ3v) is 4.36. The van der Waals surface area contributed by atoms with Crippen molar-refractivity contribution in [1.29, 1.82) is 0 Å². The first-order valence-electron chi connectivity index (χ1n) is 7.22. The van der Waals surface area contributed by atoms with Gasteiger partial charge in [-0.15, -0.1) is 0 Å². The molecular weight excluding hydrogens is 260 g/mol. The van der Waals surface area contributed by atoms with Crippen molar-refractivity contribution in [2.45, 2.75) is 57.9 Å². The van der Waals surface area contributed by atoms with E-state index in [9.17, 15) is 4.79 Å². The molecule has 4 nitrogen and oxygen atoms in total. The van der Waals surface area contributed by atoms with Crippen LogP contribution >= 0.6 is 12.2 Å². The molecule has 1 rings (SSSR count). The van der Waals surface area contributed by atoms with E-state index < -0.39 is 5.54 Å². The first-order chi connectivity index (χ1) is 9.04. The summed E-state index contributed by atoms with van der Waals surface area (Å²) in [6, 6.07) is 0. The van der Waals surface area contributed by atoms with Crippen LogP contribution in [0.2, 0.25) is 0 Å². The Kier molecular flexibility index (Phi) is 6.72. The average molecular weight is 286 g/mol. The van der Waals surface area contributed by atoms with Crippen LogP contribution in [0.3, 0.4) is 0 Å². The third kappa shape index (κ3) is 4.73. The van der Waals surface area contributed by atoms with Crippen molar-refractivity contribution in [3.63, 3.8) is 0 Å². The molecule has 110 valence electrons. The van der Waals surface area contributed by atoms with Crippen LogP contribution in [0, 0.1) is 5.92 Å². The zero-order valence-corrected chi connectivity index (χ0v) is 12.9. The molecule has 0 aliphatic heterocycles. The van der Waals surface area contributed by atoms with Crippen LogP contribution in [0.5, 0.6) is 0 Å². The number of nitrogens with one attached hydrogen (secondary N) is 1. The molecule has 1 aliphatic carbocycles. The molecule has 0 aromatic heterocycles. The van der Waals surface area contributed by atoms with Crippen LogP contribution in [0.25, 0.3) is 0 Å². The fourth-order valence-corrected chi connectivity index (χ4v) is 2.88. The van der Waals surface area contributed by atoms with E-state index in [0.29, 0.717) is 11.6 Å². The van der Waals surface area contributed by atoms with Gasteiger partial charge in [0.1, 0.15) is 6.61 Å². The van der Waals surface area contributed by atoms with E-state index in [-0.39, 0.29) is 12.5 Å². The molecule has 1 amide bonds. The van der Waals surface area contributed by atoms with Gasteiger partial charge in [-0.2, -0.15) is 0 Å². The predicted molar refractivity (Wildman–Crippen MR) is 81.0 cm³/mol. The van der Waals surface area contributed by atoms with Crippen molar-refractivity contribution in [2.75, 3.05) is 13.2 Å². The average Bonchev–Trinajstić information content (AvgIpc) is 2.39. The van der Waals surface area contributed by atoms with Crippen molar-refractivity contribution < 1.29 is 9.53 Å². The Hall–Kier alpha value is -0.680. The highest BCUT2D eigenvalue weighted by molar-refractivity contribution is 7.80. The monoisotopic (exact) mass is 286 g/mol. The molecule has 0 saturated heterocycles. The first-order valence-corrected chi connectivity index (χ1v) is 7.63. The number of carbonyl (C=O) groups is 1. The third-order valence-electron chi connectivity index (χ3n) is 3.97. The van der Waals surface area contributed by atoms with E-state index in [1.54, 1.807) is 0 Å². The van der Waals surface area contributed by atoms with Crippen molar-refractivity contribution in [2.24, 2.45) is 11.7 Å². The molecule has 0 aromatic rings. The van der Waals surface area contributed by atoms with Gasteiger partial charge in [0.2, 0.25) is 5.91 Å². The van der Waals surface area contributed by atoms with Crippen molar-refractivity contribution in [1.82, 2.24) is 5.32 Å². The second-order valence-electron chi connectivity index (χ2n) is 5.40. The van der Waals surface area contributed by atoms with Crippen molar-refractivity contribution >= 4 is 23.1 Å². The summed E-state index contributed by atoms with van der Waals surface area (Å²) in [7, 11) is 0. The van der Waals surface area contributed by atoms with Gasteiger partial charge in [0.15, 0.2) is 0 Å². The molecule has 1 fully saturated rings. The number of hydrogen-bond donors (Lipinski definition) is 2. The highest BCUT2D eigenvalue weighted by atomic mass is 32.1. The van der Waals surface area contributed by atoms with E-state index in [2.05, 4.69) is 12.2 Å². The van der Waals surface area contributed by atoms with E-state index in [0.717, 1.165) is 38.0 Å². The van der Waals surface area contributed by atoms with Crippen LogP contribution in [-0.4, -0.2) is 29.6 Å². The number of carbonyl (C=O) groups excluding carboxylic acids is 1. The Morgan fingerprint density at radius 3 is 2.53 bits per heavy atom. The zero-order valence-electron chi connectivity index (χ0n) is 12.0. The summed E-state index contributed by atoms with van der Waals surface area (Å²) >= 11 is 5.18. The maximum atomic E-state index is 11.9. The first kappa shape index (κ1) is 16.4. The number of rotatable bonds is 7. The van der Waals surface area contributed by atoms with Gasteiger partial charge in [-0.1, -0.05) is 32.5 Å². The van der Waals surface area contributed by atoms with Gasteiger partial charge < -0.3 is 15.8 Å². The Morgan fingerprint density at radius 2 is 2.05 bits per heavy atom. The molecule has 5 heteroatoms. The SMILES string of the molecule is CCCOCC(=O)NC1(C(N)=S)CCC(CC)CC1. The van der Waals surface area contributed by atoms with Crippen LogP contribution in [-0.2, 0) is 9.53 Å². The molecular formula is C14H26N2O2S. The summed E-state index contributed by atoms with van der Waals surface area (Å²) in [4.78, 5) is 12.3. The maximum absolute atomic E-state index is 11.9.